The Morgan fingerprint density at radius 2 is 2.00 bits per heavy atom. The first-order valence-corrected chi connectivity index (χ1v) is 5.18. The van der Waals surface area contributed by atoms with Crippen LogP contribution in [0.3, 0.4) is 0 Å². The van der Waals surface area contributed by atoms with E-state index < -0.39 is 0 Å². The Morgan fingerprint density at radius 3 is 2.56 bits per heavy atom. The van der Waals surface area contributed by atoms with E-state index in [2.05, 4.69) is 15.3 Å². The van der Waals surface area contributed by atoms with Gasteiger partial charge in [0.2, 0.25) is 0 Å². The molecular weight excluding hydrogens is 249 g/mol. The van der Waals surface area contributed by atoms with Crippen molar-refractivity contribution in [2.75, 3.05) is 5.32 Å². The number of anilines is 1. The Labute approximate surface area is 102 Å². The van der Waals surface area contributed by atoms with Gasteiger partial charge in [-0.2, -0.15) is 0 Å². The van der Waals surface area contributed by atoms with Gasteiger partial charge < -0.3 is 10.3 Å². The number of nitrogens with zero attached hydrogens (tertiary/aromatic N) is 1. The summed E-state index contributed by atoms with van der Waals surface area (Å²) in [7, 11) is 0. The Morgan fingerprint density at radius 1 is 1.31 bits per heavy atom. The summed E-state index contributed by atoms with van der Waals surface area (Å²) < 4.78 is 0. The number of hydrogen-bond donors (Lipinski definition) is 2. The predicted octanol–water partition coefficient (Wildman–Crippen LogP) is 2.97. The van der Waals surface area contributed by atoms with E-state index in [0.717, 1.165) is 0 Å². The number of hydrogen-bond acceptors (Lipinski definition) is 2. The number of aromatic nitrogens is 2. The predicted molar refractivity (Wildman–Crippen MR) is 63.0 cm³/mol. The van der Waals surface area contributed by atoms with Crippen LogP contribution in [0.4, 0.5) is 5.69 Å². The van der Waals surface area contributed by atoms with Crippen LogP contribution in [0.2, 0.25) is 10.0 Å². The zero-order valence-electron chi connectivity index (χ0n) is 8.00. The van der Waals surface area contributed by atoms with Gasteiger partial charge in [0.15, 0.2) is 0 Å². The minimum Gasteiger partial charge on any atom is -0.341 e. The highest BCUT2D eigenvalue weighted by Gasteiger charge is 2.11. The highest BCUT2D eigenvalue weighted by molar-refractivity contribution is 6.39. The Kier molecular flexibility index (Phi) is 3.12. The molecule has 16 heavy (non-hydrogen) atoms. The quantitative estimate of drug-likeness (QED) is 0.867. The van der Waals surface area contributed by atoms with Gasteiger partial charge in [-0.3, -0.25) is 4.79 Å². The van der Waals surface area contributed by atoms with E-state index in [0.29, 0.717) is 21.4 Å². The summed E-state index contributed by atoms with van der Waals surface area (Å²) in [5.41, 5.74) is 0.737. The number of benzene rings is 1. The molecule has 2 N–H and O–H groups in total. The van der Waals surface area contributed by atoms with E-state index >= 15 is 0 Å². The first-order chi connectivity index (χ1) is 7.68. The van der Waals surface area contributed by atoms with Crippen LogP contribution in [0.1, 0.15) is 10.5 Å². The number of carbonyl (C=O) groups excluding carboxylic acids is 1. The number of carbonyl (C=O) groups is 1. The van der Waals surface area contributed by atoms with Crippen LogP contribution in [0, 0.1) is 0 Å². The summed E-state index contributed by atoms with van der Waals surface area (Å²) in [6.45, 7) is 0. The maximum absolute atomic E-state index is 11.7. The van der Waals surface area contributed by atoms with Gasteiger partial charge in [0.05, 0.1) is 28.3 Å². The summed E-state index contributed by atoms with van der Waals surface area (Å²) >= 11 is 11.8. The molecule has 0 aliphatic carbocycles. The van der Waals surface area contributed by atoms with E-state index in [1.54, 1.807) is 18.2 Å². The van der Waals surface area contributed by atoms with Gasteiger partial charge in [0, 0.05) is 0 Å². The second kappa shape index (κ2) is 4.55. The lowest BCUT2D eigenvalue weighted by molar-refractivity contribution is 0.102. The second-order valence-electron chi connectivity index (χ2n) is 3.02. The number of rotatable bonds is 2. The molecule has 1 amide bonds. The lowest BCUT2D eigenvalue weighted by Gasteiger charge is -2.07. The summed E-state index contributed by atoms with van der Waals surface area (Å²) in [5.74, 6) is -0.340. The van der Waals surface area contributed by atoms with Crippen molar-refractivity contribution >= 4 is 34.8 Å². The maximum Gasteiger partial charge on any atom is 0.273 e. The molecule has 6 heteroatoms. The van der Waals surface area contributed by atoms with Gasteiger partial charge in [-0.1, -0.05) is 29.3 Å². The third-order valence-electron chi connectivity index (χ3n) is 1.94. The summed E-state index contributed by atoms with van der Waals surface area (Å²) in [5, 5.41) is 3.39. The van der Waals surface area contributed by atoms with Crippen molar-refractivity contribution in [3.05, 3.63) is 46.5 Å². The average Bonchev–Trinajstić information content (AvgIpc) is 2.76. The molecule has 4 nitrogen and oxygen atoms in total. The largest absolute Gasteiger partial charge is 0.341 e. The molecule has 0 saturated carbocycles. The number of imidazole rings is 1. The fourth-order valence-corrected chi connectivity index (χ4v) is 1.67. The van der Waals surface area contributed by atoms with Gasteiger partial charge in [-0.15, -0.1) is 0 Å². The molecule has 0 bridgehead atoms. The zero-order valence-corrected chi connectivity index (χ0v) is 9.51. The van der Waals surface area contributed by atoms with Crippen molar-refractivity contribution in [2.24, 2.45) is 0 Å². The van der Waals surface area contributed by atoms with Crippen LogP contribution in [0.5, 0.6) is 0 Å². The summed E-state index contributed by atoms with van der Waals surface area (Å²) in [6, 6.07) is 5.00. The van der Waals surface area contributed by atoms with Crippen molar-refractivity contribution < 1.29 is 4.79 Å². The van der Waals surface area contributed by atoms with Gasteiger partial charge in [-0.05, 0) is 12.1 Å². The molecule has 0 radical (unpaired) electrons. The third-order valence-corrected chi connectivity index (χ3v) is 2.57. The molecule has 0 aliphatic heterocycles. The Bertz CT molecular complexity index is 491. The van der Waals surface area contributed by atoms with Crippen molar-refractivity contribution in [3.63, 3.8) is 0 Å². The number of amides is 1. The normalized spacial score (nSPS) is 10.1. The van der Waals surface area contributed by atoms with Crippen molar-refractivity contribution in [1.82, 2.24) is 9.97 Å². The van der Waals surface area contributed by atoms with Gasteiger partial charge in [0.1, 0.15) is 5.69 Å². The molecule has 2 aromatic rings. The molecule has 0 spiro atoms. The smallest absolute Gasteiger partial charge is 0.273 e. The first-order valence-electron chi connectivity index (χ1n) is 4.42. The number of nitrogens with one attached hydrogen (secondary N) is 2. The van der Waals surface area contributed by atoms with E-state index in [4.69, 9.17) is 23.2 Å². The molecule has 1 aromatic carbocycles. The summed E-state index contributed by atoms with van der Waals surface area (Å²) in [6.07, 6.45) is 2.84. The molecule has 0 aliphatic rings. The minimum atomic E-state index is -0.340. The average molecular weight is 256 g/mol. The van der Waals surface area contributed by atoms with E-state index in [-0.39, 0.29) is 5.91 Å². The minimum absolute atomic E-state index is 0.340. The Hall–Kier alpha value is -1.52. The number of H-pyrrole nitrogens is 1. The van der Waals surface area contributed by atoms with Gasteiger partial charge in [-0.25, -0.2) is 4.98 Å². The van der Waals surface area contributed by atoms with Crippen LogP contribution in [0.15, 0.2) is 30.7 Å². The van der Waals surface area contributed by atoms with E-state index in [9.17, 15) is 4.79 Å². The van der Waals surface area contributed by atoms with Gasteiger partial charge >= 0.3 is 0 Å². The van der Waals surface area contributed by atoms with Crippen LogP contribution < -0.4 is 5.32 Å². The summed E-state index contributed by atoms with van der Waals surface area (Å²) in [4.78, 5) is 18.1. The fourth-order valence-electron chi connectivity index (χ4n) is 1.18. The lowest BCUT2D eigenvalue weighted by Crippen LogP contribution is -2.12. The standard InChI is InChI=1S/C10H7Cl2N3O/c11-6-2-1-3-7(12)9(6)15-10(16)8-4-13-5-14-8/h1-5H,(H,13,14)(H,15,16). The number of halogens is 2. The molecule has 1 heterocycles. The molecule has 0 fully saturated rings. The molecular formula is C10H7Cl2N3O. The number of aromatic amines is 1. The molecule has 2 rings (SSSR count). The molecule has 82 valence electrons. The maximum atomic E-state index is 11.7. The monoisotopic (exact) mass is 255 g/mol. The first kappa shape index (κ1) is 11.0. The zero-order chi connectivity index (χ0) is 11.5. The van der Waals surface area contributed by atoms with E-state index in [1.165, 1.54) is 12.5 Å². The molecule has 0 atom stereocenters. The molecule has 0 unspecified atom stereocenters. The highest BCUT2D eigenvalue weighted by Crippen LogP contribution is 2.29. The molecule has 1 aromatic heterocycles. The molecule has 0 saturated heterocycles. The second-order valence-corrected chi connectivity index (χ2v) is 3.83. The Balaban J connectivity index is 2.25. The van der Waals surface area contributed by atoms with Crippen LogP contribution in [-0.4, -0.2) is 15.9 Å². The fraction of sp³-hybridized carbons (Fsp3) is 0. The number of para-hydroxylation sites is 1. The SMILES string of the molecule is O=C(Nc1c(Cl)cccc1Cl)c1cnc[nH]1. The topological polar surface area (TPSA) is 57.8 Å². The third kappa shape index (κ3) is 2.18. The van der Waals surface area contributed by atoms with E-state index in [1.807, 2.05) is 0 Å². The van der Waals surface area contributed by atoms with Crippen LogP contribution >= 0.6 is 23.2 Å². The van der Waals surface area contributed by atoms with Crippen molar-refractivity contribution in [2.45, 2.75) is 0 Å². The van der Waals surface area contributed by atoms with Crippen LogP contribution in [-0.2, 0) is 0 Å². The van der Waals surface area contributed by atoms with Gasteiger partial charge in [0.25, 0.3) is 5.91 Å². The lowest BCUT2D eigenvalue weighted by atomic mass is 10.3. The van der Waals surface area contributed by atoms with Crippen LogP contribution in [0.25, 0.3) is 0 Å². The van der Waals surface area contributed by atoms with Crippen molar-refractivity contribution in [1.29, 1.82) is 0 Å². The highest BCUT2D eigenvalue weighted by atomic mass is 35.5. The van der Waals surface area contributed by atoms with Crippen molar-refractivity contribution in [3.8, 4) is 0 Å².